The van der Waals surface area contributed by atoms with Crippen molar-refractivity contribution in [3.05, 3.63) is 83.8 Å². The Kier molecular flexibility index (Phi) is 6.34. The number of alkyl halides is 3. The van der Waals surface area contributed by atoms with Crippen LogP contribution in [0.2, 0.25) is 0 Å². The van der Waals surface area contributed by atoms with Crippen LogP contribution in [-0.4, -0.2) is 34.8 Å². The third-order valence-electron chi connectivity index (χ3n) is 4.51. The number of aromatic nitrogens is 2. The number of anilines is 1. The summed E-state index contributed by atoms with van der Waals surface area (Å²) in [5.74, 6) is 1.03. The van der Waals surface area contributed by atoms with Gasteiger partial charge in [-0.25, -0.2) is 4.98 Å². The molecule has 168 valence electrons. The Morgan fingerprint density at radius 1 is 1.06 bits per heavy atom. The molecule has 0 saturated carbocycles. The molecule has 10 heteroatoms. The van der Waals surface area contributed by atoms with E-state index in [0.717, 1.165) is 30.7 Å². The Balaban J connectivity index is 1.41. The second-order valence-corrected chi connectivity index (χ2v) is 6.96. The maximum Gasteiger partial charge on any atom is 0.416 e. The number of hydrogen-bond donors (Lipinski definition) is 2. The van der Waals surface area contributed by atoms with Crippen molar-refractivity contribution >= 4 is 23.6 Å². The van der Waals surface area contributed by atoms with E-state index in [4.69, 9.17) is 4.74 Å². The third kappa shape index (κ3) is 5.94. The minimum Gasteiger partial charge on any atom is -0.457 e. The fourth-order valence-corrected chi connectivity index (χ4v) is 3.01. The fourth-order valence-electron chi connectivity index (χ4n) is 3.01. The maximum absolute atomic E-state index is 12.8. The zero-order valence-corrected chi connectivity index (χ0v) is 17.1. The molecule has 3 heterocycles. The van der Waals surface area contributed by atoms with E-state index < -0.39 is 17.6 Å². The first-order valence-corrected chi connectivity index (χ1v) is 9.92. The van der Waals surface area contributed by atoms with Crippen molar-refractivity contribution < 1.29 is 22.7 Å². The van der Waals surface area contributed by atoms with Crippen LogP contribution in [0.15, 0.2) is 72.0 Å². The van der Waals surface area contributed by atoms with Crippen LogP contribution < -0.4 is 15.4 Å². The number of halogens is 3. The summed E-state index contributed by atoms with van der Waals surface area (Å²) in [6.07, 6.45) is 0.821. The lowest BCUT2D eigenvalue weighted by Gasteiger charge is -2.08. The topological polar surface area (TPSA) is 88.5 Å². The van der Waals surface area contributed by atoms with Gasteiger partial charge in [-0.1, -0.05) is 12.1 Å². The molecule has 1 aliphatic rings. The Labute approximate surface area is 187 Å². The van der Waals surface area contributed by atoms with E-state index in [1.807, 2.05) is 0 Å². The van der Waals surface area contributed by atoms with Crippen LogP contribution in [0.1, 0.15) is 16.8 Å². The molecule has 0 bridgehead atoms. The van der Waals surface area contributed by atoms with Gasteiger partial charge in [0.05, 0.1) is 12.1 Å². The smallest absolute Gasteiger partial charge is 0.416 e. The van der Waals surface area contributed by atoms with Gasteiger partial charge < -0.3 is 15.4 Å². The minimum atomic E-state index is -4.52. The Morgan fingerprint density at radius 3 is 2.67 bits per heavy atom. The predicted octanol–water partition coefficient (Wildman–Crippen LogP) is 4.29. The molecule has 0 aliphatic carbocycles. The first kappa shape index (κ1) is 22.0. The number of carbonyl (C=O) groups excluding carboxylic acids is 1. The van der Waals surface area contributed by atoms with Crippen LogP contribution in [0, 0.1) is 0 Å². The summed E-state index contributed by atoms with van der Waals surface area (Å²) >= 11 is 0. The summed E-state index contributed by atoms with van der Waals surface area (Å²) in [6.45, 7) is 1.47. The molecule has 7 nitrogen and oxygen atoms in total. The molecule has 33 heavy (non-hydrogen) atoms. The summed E-state index contributed by atoms with van der Waals surface area (Å²) < 4.78 is 44.3. The van der Waals surface area contributed by atoms with Crippen LogP contribution in [0.25, 0.3) is 6.08 Å². The number of nitrogens with one attached hydrogen (secondary N) is 2. The van der Waals surface area contributed by atoms with E-state index >= 15 is 0 Å². The van der Waals surface area contributed by atoms with Crippen molar-refractivity contribution in [2.45, 2.75) is 6.18 Å². The number of amides is 1. The predicted molar refractivity (Wildman–Crippen MR) is 117 cm³/mol. The molecular formula is C23H18F3N5O2. The summed E-state index contributed by atoms with van der Waals surface area (Å²) in [5.41, 5.74) is 0.452. The standard InChI is InChI=1S/C23H18F3N5O2/c24-23(25,26)16-6-8-28-20(13-16)31-21(32)5-4-15-2-1-3-17(12-15)33-18-7-9-27-19(14-18)22-29-10-11-30-22/h1-9,12-14H,10-11H2,(H,29,30)(H,28,31,32)/b5-4+. The average molecular weight is 453 g/mol. The molecule has 0 unspecified atom stereocenters. The van der Waals surface area contributed by atoms with Gasteiger partial charge in [0.1, 0.15) is 28.8 Å². The van der Waals surface area contributed by atoms with Gasteiger partial charge in [0.15, 0.2) is 0 Å². The van der Waals surface area contributed by atoms with Gasteiger partial charge in [0.2, 0.25) is 5.91 Å². The van der Waals surface area contributed by atoms with E-state index in [1.165, 1.54) is 12.2 Å². The molecule has 3 aromatic rings. The van der Waals surface area contributed by atoms with Gasteiger partial charge in [-0.15, -0.1) is 0 Å². The van der Waals surface area contributed by atoms with Crippen LogP contribution >= 0.6 is 0 Å². The number of hydrogen-bond acceptors (Lipinski definition) is 6. The molecule has 0 fully saturated rings. The third-order valence-corrected chi connectivity index (χ3v) is 4.51. The molecule has 1 aliphatic heterocycles. The molecule has 1 amide bonds. The van der Waals surface area contributed by atoms with Gasteiger partial charge >= 0.3 is 6.18 Å². The van der Waals surface area contributed by atoms with E-state index in [9.17, 15) is 18.0 Å². The minimum absolute atomic E-state index is 0.189. The summed E-state index contributed by atoms with van der Waals surface area (Å²) in [4.78, 5) is 24.5. The van der Waals surface area contributed by atoms with Gasteiger partial charge in [-0.2, -0.15) is 13.2 Å². The molecule has 0 radical (unpaired) electrons. The molecular weight excluding hydrogens is 435 g/mol. The van der Waals surface area contributed by atoms with Crippen LogP contribution in [-0.2, 0) is 11.0 Å². The van der Waals surface area contributed by atoms with Crippen LogP contribution in [0.3, 0.4) is 0 Å². The maximum atomic E-state index is 12.8. The van der Waals surface area contributed by atoms with E-state index in [-0.39, 0.29) is 5.82 Å². The highest BCUT2D eigenvalue weighted by molar-refractivity contribution is 6.01. The number of benzene rings is 1. The number of aliphatic imine (C=N–C) groups is 1. The highest BCUT2D eigenvalue weighted by Gasteiger charge is 2.30. The number of ether oxygens (including phenoxy) is 1. The summed E-state index contributed by atoms with van der Waals surface area (Å²) in [5, 5.41) is 5.47. The van der Waals surface area contributed by atoms with Crippen molar-refractivity contribution in [2.24, 2.45) is 4.99 Å². The zero-order valence-electron chi connectivity index (χ0n) is 17.1. The number of nitrogens with zero attached hydrogens (tertiary/aromatic N) is 3. The van der Waals surface area contributed by atoms with Gasteiger partial charge in [0.25, 0.3) is 0 Å². The monoisotopic (exact) mass is 453 g/mol. The second-order valence-electron chi connectivity index (χ2n) is 6.96. The Morgan fingerprint density at radius 2 is 1.88 bits per heavy atom. The van der Waals surface area contributed by atoms with Crippen molar-refractivity contribution in [3.63, 3.8) is 0 Å². The number of carbonyl (C=O) groups is 1. The number of rotatable bonds is 6. The summed E-state index contributed by atoms with van der Waals surface area (Å²) in [6, 6.07) is 12.1. The lowest BCUT2D eigenvalue weighted by molar-refractivity contribution is -0.137. The fraction of sp³-hybridized carbons (Fsp3) is 0.130. The van der Waals surface area contributed by atoms with Gasteiger partial charge in [0, 0.05) is 31.1 Å². The molecule has 4 rings (SSSR count). The highest BCUT2D eigenvalue weighted by Crippen LogP contribution is 2.30. The van der Waals surface area contributed by atoms with Gasteiger partial charge in [-0.3, -0.25) is 14.8 Å². The van der Waals surface area contributed by atoms with Crippen molar-refractivity contribution in [1.82, 2.24) is 15.3 Å². The number of amidine groups is 1. The van der Waals surface area contributed by atoms with E-state index in [2.05, 4.69) is 25.6 Å². The molecule has 2 N–H and O–H groups in total. The molecule has 0 saturated heterocycles. The first-order chi connectivity index (χ1) is 15.9. The van der Waals surface area contributed by atoms with Crippen molar-refractivity contribution in [2.75, 3.05) is 18.4 Å². The Hall–Kier alpha value is -4.21. The van der Waals surface area contributed by atoms with Crippen molar-refractivity contribution in [1.29, 1.82) is 0 Å². The van der Waals surface area contributed by atoms with Gasteiger partial charge in [-0.05, 0) is 42.0 Å². The van der Waals surface area contributed by atoms with E-state index in [1.54, 1.807) is 42.6 Å². The second kappa shape index (κ2) is 9.51. The number of pyridine rings is 2. The van der Waals surface area contributed by atoms with Crippen LogP contribution in [0.4, 0.5) is 19.0 Å². The summed E-state index contributed by atoms with van der Waals surface area (Å²) in [7, 11) is 0. The normalized spacial score (nSPS) is 13.5. The largest absolute Gasteiger partial charge is 0.457 e. The van der Waals surface area contributed by atoms with Crippen LogP contribution in [0.5, 0.6) is 11.5 Å². The molecule has 2 aromatic heterocycles. The van der Waals surface area contributed by atoms with E-state index in [0.29, 0.717) is 29.3 Å². The lowest BCUT2D eigenvalue weighted by atomic mass is 10.2. The highest BCUT2D eigenvalue weighted by atomic mass is 19.4. The quantitative estimate of drug-likeness (QED) is 0.544. The zero-order chi connectivity index (χ0) is 23.3. The molecule has 1 aromatic carbocycles. The molecule has 0 spiro atoms. The molecule has 0 atom stereocenters. The SMILES string of the molecule is O=C(/C=C/c1cccc(Oc2ccnc(C3=NCCN3)c2)c1)Nc1cc(C(F)(F)F)ccn1. The lowest BCUT2D eigenvalue weighted by Crippen LogP contribution is -2.20. The average Bonchev–Trinajstić information content (AvgIpc) is 3.33. The first-order valence-electron chi connectivity index (χ1n) is 9.92. The van der Waals surface area contributed by atoms with Crippen molar-refractivity contribution in [3.8, 4) is 11.5 Å². The Bertz CT molecular complexity index is 1220.